The molecule has 0 amide bonds. The van der Waals surface area contributed by atoms with Crippen LogP contribution >= 0.6 is 11.6 Å². The van der Waals surface area contributed by atoms with Crippen LogP contribution in [0.4, 0.5) is 0 Å². The normalized spacial score (nSPS) is 20.2. The molecular formula is C19H28ClN3O3. The molecule has 2 atom stereocenters. The first-order chi connectivity index (χ1) is 12.5. The number of carbonyl (C=O) groups excluding carboxylic acids is 1. The zero-order chi connectivity index (χ0) is 19.1. The first-order valence-electron chi connectivity index (χ1n) is 8.93. The minimum atomic E-state index is -0.152. The Bertz CT molecular complexity index is 651. The molecule has 1 aromatic carbocycles. The highest BCUT2D eigenvalue weighted by Crippen LogP contribution is 2.25. The Morgan fingerprint density at radius 1 is 1.38 bits per heavy atom. The predicted molar refractivity (Wildman–Crippen MR) is 104 cm³/mol. The number of esters is 1. The quantitative estimate of drug-likeness (QED) is 0.466. The van der Waals surface area contributed by atoms with Gasteiger partial charge in [0.15, 0.2) is 5.96 Å². The van der Waals surface area contributed by atoms with Crippen molar-refractivity contribution in [3.8, 4) is 5.75 Å². The smallest absolute Gasteiger partial charge is 0.310 e. The van der Waals surface area contributed by atoms with Crippen LogP contribution in [0.3, 0.4) is 0 Å². The Morgan fingerprint density at radius 3 is 2.77 bits per heavy atom. The summed E-state index contributed by atoms with van der Waals surface area (Å²) in [6, 6.07) is 5.68. The number of rotatable bonds is 6. The van der Waals surface area contributed by atoms with E-state index < -0.39 is 0 Å². The summed E-state index contributed by atoms with van der Waals surface area (Å²) in [5, 5.41) is 4.00. The number of hydrogen-bond donors (Lipinski definition) is 1. The van der Waals surface area contributed by atoms with Crippen molar-refractivity contribution in [3.05, 3.63) is 28.8 Å². The molecule has 1 saturated heterocycles. The van der Waals surface area contributed by atoms with E-state index in [1.54, 1.807) is 7.11 Å². The van der Waals surface area contributed by atoms with Crippen molar-refractivity contribution in [1.82, 2.24) is 10.2 Å². The van der Waals surface area contributed by atoms with E-state index in [1.807, 2.05) is 25.1 Å². The maximum Gasteiger partial charge on any atom is 0.310 e. The van der Waals surface area contributed by atoms with Crippen LogP contribution in [-0.2, 0) is 16.0 Å². The summed E-state index contributed by atoms with van der Waals surface area (Å²) in [4.78, 5) is 18.8. The van der Waals surface area contributed by atoms with Gasteiger partial charge < -0.3 is 19.7 Å². The summed E-state index contributed by atoms with van der Waals surface area (Å²) in [6.45, 7) is 6.91. The summed E-state index contributed by atoms with van der Waals surface area (Å²) < 4.78 is 10.1. The van der Waals surface area contributed by atoms with Gasteiger partial charge in [-0.2, -0.15) is 0 Å². The molecular weight excluding hydrogens is 354 g/mol. The minimum absolute atomic E-state index is 0.111. The van der Waals surface area contributed by atoms with Gasteiger partial charge in [0.2, 0.25) is 0 Å². The predicted octanol–water partition coefficient (Wildman–Crippen LogP) is 2.60. The molecule has 2 rings (SSSR count). The minimum Gasteiger partial charge on any atom is -0.497 e. The molecule has 1 aliphatic heterocycles. The lowest BCUT2D eigenvalue weighted by molar-refractivity contribution is -0.145. The fraction of sp³-hybridized carbons (Fsp3) is 0.579. The van der Waals surface area contributed by atoms with Gasteiger partial charge in [0, 0.05) is 31.2 Å². The monoisotopic (exact) mass is 381 g/mol. The molecule has 2 unspecified atom stereocenters. The Hall–Kier alpha value is -1.95. The number of aliphatic imine (C=N–C) groups is 1. The van der Waals surface area contributed by atoms with Gasteiger partial charge in [-0.25, -0.2) is 0 Å². The van der Waals surface area contributed by atoms with E-state index in [0.717, 1.165) is 36.8 Å². The zero-order valence-corrected chi connectivity index (χ0v) is 16.7. The first kappa shape index (κ1) is 20.4. The topological polar surface area (TPSA) is 63.2 Å². The van der Waals surface area contributed by atoms with Crippen LogP contribution in [0.15, 0.2) is 23.2 Å². The van der Waals surface area contributed by atoms with E-state index in [1.165, 1.54) is 7.11 Å². The van der Waals surface area contributed by atoms with E-state index in [2.05, 4.69) is 17.1 Å². The first-order valence-corrected chi connectivity index (χ1v) is 9.31. The second-order valence-electron chi connectivity index (χ2n) is 6.45. The number of nitrogens with one attached hydrogen (secondary N) is 1. The Labute approximate surface area is 160 Å². The molecule has 0 aromatic heterocycles. The van der Waals surface area contributed by atoms with Crippen molar-refractivity contribution >= 4 is 23.5 Å². The van der Waals surface area contributed by atoms with Gasteiger partial charge in [0.05, 0.1) is 20.1 Å². The summed E-state index contributed by atoms with van der Waals surface area (Å²) in [7, 11) is 3.06. The highest BCUT2D eigenvalue weighted by atomic mass is 35.5. The fourth-order valence-corrected chi connectivity index (χ4v) is 3.43. The van der Waals surface area contributed by atoms with Crippen LogP contribution in [0.1, 0.15) is 19.4 Å². The number of carbonyl (C=O) groups is 1. The Kier molecular flexibility index (Phi) is 7.57. The van der Waals surface area contributed by atoms with Gasteiger partial charge >= 0.3 is 5.97 Å². The molecule has 0 radical (unpaired) electrons. The lowest BCUT2D eigenvalue weighted by Gasteiger charge is -2.21. The van der Waals surface area contributed by atoms with Crippen molar-refractivity contribution in [3.63, 3.8) is 0 Å². The number of guanidine groups is 1. The number of likely N-dealkylation sites (tertiary alicyclic amines) is 1. The average Bonchev–Trinajstić information content (AvgIpc) is 3.03. The lowest BCUT2D eigenvalue weighted by Crippen LogP contribution is -2.40. The third-order valence-electron chi connectivity index (χ3n) is 4.65. The van der Waals surface area contributed by atoms with Crippen molar-refractivity contribution < 1.29 is 14.3 Å². The molecule has 1 aromatic rings. The van der Waals surface area contributed by atoms with Crippen LogP contribution in [-0.4, -0.2) is 57.2 Å². The van der Waals surface area contributed by atoms with E-state index in [0.29, 0.717) is 18.1 Å². The molecule has 144 valence electrons. The van der Waals surface area contributed by atoms with Crippen LogP contribution in [0.25, 0.3) is 0 Å². The number of nitrogens with zero attached hydrogens (tertiary/aromatic N) is 2. The Morgan fingerprint density at radius 2 is 2.15 bits per heavy atom. The van der Waals surface area contributed by atoms with E-state index >= 15 is 0 Å². The molecule has 26 heavy (non-hydrogen) atoms. The lowest BCUT2D eigenvalue weighted by atomic mass is 9.99. The van der Waals surface area contributed by atoms with Gasteiger partial charge in [-0.15, -0.1) is 0 Å². The van der Waals surface area contributed by atoms with Crippen LogP contribution in [0.2, 0.25) is 5.02 Å². The van der Waals surface area contributed by atoms with Gasteiger partial charge in [-0.1, -0.05) is 24.6 Å². The second-order valence-corrected chi connectivity index (χ2v) is 6.86. The summed E-state index contributed by atoms with van der Waals surface area (Å²) in [5.41, 5.74) is 1.04. The molecule has 1 fully saturated rings. The summed E-state index contributed by atoms with van der Waals surface area (Å²) >= 11 is 6.29. The molecule has 0 saturated carbocycles. The molecule has 0 aliphatic carbocycles. The number of hydrogen-bond acceptors (Lipinski definition) is 4. The summed E-state index contributed by atoms with van der Waals surface area (Å²) in [5.74, 6) is 1.55. The highest BCUT2D eigenvalue weighted by Gasteiger charge is 2.36. The molecule has 6 nitrogen and oxygen atoms in total. The fourth-order valence-electron chi connectivity index (χ4n) is 3.16. The standard InChI is InChI=1S/C19H28ClN3O3/c1-5-21-19(23-11-13(2)16(12-23)18(24)26-4)22-9-8-14-6-7-15(25-3)10-17(14)20/h6-7,10,13,16H,5,8-9,11-12H2,1-4H3,(H,21,22). The Balaban J connectivity index is 2.02. The number of methoxy groups -OCH3 is 2. The van der Waals surface area contributed by atoms with Crippen molar-refractivity contribution in [2.45, 2.75) is 20.3 Å². The van der Waals surface area contributed by atoms with Crippen LogP contribution in [0.5, 0.6) is 5.75 Å². The third-order valence-corrected chi connectivity index (χ3v) is 5.01. The molecule has 1 aliphatic rings. The molecule has 0 spiro atoms. The van der Waals surface area contributed by atoms with Crippen LogP contribution in [0, 0.1) is 11.8 Å². The van der Waals surface area contributed by atoms with Gasteiger partial charge in [-0.05, 0) is 37.0 Å². The second kappa shape index (κ2) is 9.67. The van der Waals surface area contributed by atoms with Gasteiger partial charge in [0.1, 0.15) is 5.75 Å². The van der Waals surface area contributed by atoms with E-state index in [-0.39, 0.29) is 17.8 Å². The molecule has 0 bridgehead atoms. The van der Waals surface area contributed by atoms with Gasteiger partial charge in [0.25, 0.3) is 0 Å². The molecule has 1 heterocycles. The number of benzene rings is 1. The zero-order valence-electron chi connectivity index (χ0n) is 15.9. The molecule has 7 heteroatoms. The van der Waals surface area contributed by atoms with Crippen LogP contribution < -0.4 is 10.1 Å². The maximum atomic E-state index is 11.9. The van der Waals surface area contributed by atoms with Crippen molar-refractivity contribution in [2.75, 3.05) is 40.4 Å². The SMILES string of the molecule is CCNC(=NCCc1ccc(OC)cc1Cl)N1CC(C)C(C(=O)OC)C1. The maximum absolute atomic E-state index is 11.9. The highest BCUT2D eigenvalue weighted by molar-refractivity contribution is 6.31. The van der Waals surface area contributed by atoms with Gasteiger partial charge in [-0.3, -0.25) is 9.79 Å². The third kappa shape index (κ3) is 5.04. The van der Waals surface area contributed by atoms with E-state index in [4.69, 9.17) is 26.1 Å². The van der Waals surface area contributed by atoms with E-state index in [9.17, 15) is 4.79 Å². The number of halogens is 1. The van der Waals surface area contributed by atoms with Crippen molar-refractivity contribution in [1.29, 1.82) is 0 Å². The number of ether oxygens (including phenoxy) is 2. The van der Waals surface area contributed by atoms with Crippen molar-refractivity contribution in [2.24, 2.45) is 16.8 Å². The summed E-state index contributed by atoms with van der Waals surface area (Å²) in [6.07, 6.45) is 0.738. The molecule has 1 N–H and O–H groups in total. The largest absolute Gasteiger partial charge is 0.497 e. The average molecular weight is 382 g/mol.